The van der Waals surface area contributed by atoms with Gasteiger partial charge in [-0.25, -0.2) is 0 Å². The number of rotatable bonds is 1. The van der Waals surface area contributed by atoms with Crippen molar-refractivity contribution in [1.29, 1.82) is 0 Å². The minimum atomic E-state index is -0.205. The number of fused-ring (bicyclic) bond motifs is 1. The van der Waals surface area contributed by atoms with E-state index in [0.717, 1.165) is 11.5 Å². The number of aliphatic imine (C=N–C) groups is 1. The van der Waals surface area contributed by atoms with Crippen LogP contribution >= 0.6 is 9.24 Å². The van der Waals surface area contributed by atoms with Crippen LogP contribution in [0, 0.1) is 5.92 Å². The summed E-state index contributed by atoms with van der Waals surface area (Å²) in [4.78, 5) is 6.44. The van der Waals surface area contributed by atoms with E-state index in [4.69, 9.17) is 0 Å². The predicted octanol–water partition coefficient (Wildman–Crippen LogP) is 1.86. The molecule has 2 rings (SSSR count). The van der Waals surface area contributed by atoms with Crippen molar-refractivity contribution in [2.24, 2.45) is 21.1 Å². The molecule has 80 valence electrons. The molecule has 2 aliphatic heterocycles. The van der Waals surface area contributed by atoms with Gasteiger partial charge >= 0.3 is 0 Å². The van der Waals surface area contributed by atoms with Crippen molar-refractivity contribution < 1.29 is 0 Å². The maximum Gasteiger partial charge on any atom is 0.178 e. The van der Waals surface area contributed by atoms with Crippen molar-refractivity contribution in [1.82, 2.24) is 4.90 Å². The SMILES string of the molecule is CC(C)C1=NC=CN2C1=NN=CC2(C)P. The first-order valence-electron chi connectivity index (χ1n) is 4.97. The van der Waals surface area contributed by atoms with E-state index in [2.05, 4.69) is 50.1 Å². The highest BCUT2D eigenvalue weighted by Gasteiger charge is 2.33. The molecule has 4 nitrogen and oxygen atoms in total. The molecular formula is C10H15N4P. The van der Waals surface area contributed by atoms with Crippen LogP contribution in [0.25, 0.3) is 0 Å². The summed E-state index contributed by atoms with van der Waals surface area (Å²) < 4.78 is 0. The quantitative estimate of drug-likeness (QED) is 0.624. The standard InChI is InChI=1S/C10H15N4P/c1-7(2)8-9-13-12-6-10(3,15)14(9)5-4-11-8/h4-7H,15H2,1-3H3. The van der Waals surface area contributed by atoms with Crippen LogP contribution in [0.2, 0.25) is 0 Å². The molecule has 0 saturated heterocycles. The molecule has 2 unspecified atom stereocenters. The van der Waals surface area contributed by atoms with E-state index < -0.39 is 0 Å². The molecule has 0 spiro atoms. The Hall–Kier alpha value is -1.02. The summed E-state index contributed by atoms with van der Waals surface area (Å²) in [6, 6.07) is 0. The molecule has 0 bridgehead atoms. The van der Waals surface area contributed by atoms with Crippen molar-refractivity contribution in [2.45, 2.75) is 26.1 Å². The van der Waals surface area contributed by atoms with Crippen LogP contribution in [0.4, 0.5) is 0 Å². The molecule has 0 aromatic carbocycles. The second kappa shape index (κ2) is 3.53. The molecule has 0 aliphatic carbocycles. The molecule has 2 atom stereocenters. The van der Waals surface area contributed by atoms with E-state index in [0.29, 0.717) is 5.92 Å². The average Bonchev–Trinajstić information content (AvgIpc) is 2.16. The Kier molecular flexibility index (Phi) is 2.47. The maximum absolute atomic E-state index is 4.36. The summed E-state index contributed by atoms with van der Waals surface area (Å²) >= 11 is 0. The van der Waals surface area contributed by atoms with Gasteiger partial charge in [-0.15, -0.1) is 14.3 Å². The molecule has 0 fully saturated rings. The van der Waals surface area contributed by atoms with E-state index in [1.807, 2.05) is 18.6 Å². The lowest BCUT2D eigenvalue weighted by molar-refractivity contribution is 0.476. The highest BCUT2D eigenvalue weighted by atomic mass is 31.0. The topological polar surface area (TPSA) is 40.3 Å². The van der Waals surface area contributed by atoms with Gasteiger partial charge in [0.25, 0.3) is 0 Å². The molecule has 2 heterocycles. The number of hydrogen-bond acceptors (Lipinski definition) is 4. The smallest absolute Gasteiger partial charge is 0.178 e. The zero-order valence-corrected chi connectivity index (χ0v) is 10.3. The monoisotopic (exact) mass is 222 g/mol. The third-order valence-corrected chi connectivity index (χ3v) is 2.85. The van der Waals surface area contributed by atoms with Gasteiger partial charge in [-0.2, -0.15) is 5.10 Å². The van der Waals surface area contributed by atoms with E-state index in [1.165, 1.54) is 0 Å². The van der Waals surface area contributed by atoms with Gasteiger partial charge in [-0.05, 0) is 12.8 Å². The van der Waals surface area contributed by atoms with Gasteiger partial charge in [0.2, 0.25) is 0 Å². The van der Waals surface area contributed by atoms with Crippen LogP contribution in [0.15, 0.2) is 27.6 Å². The second-order valence-electron chi connectivity index (χ2n) is 4.23. The van der Waals surface area contributed by atoms with Gasteiger partial charge < -0.3 is 4.90 Å². The molecule has 15 heavy (non-hydrogen) atoms. The van der Waals surface area contributed by atoms with E-state index in [9.17, 15) is 0 Å². The summed E-state index contributed by atoms with van der Waals surface area (Å²) in [7, 11) is 2.77. The van der Waals surface area contributed by atoms with Gasteiger partial charge in [0.05, 0.1) is 17.2 Å². The van der Waals surface area contributed by atoms with Crippen LogP contribution < -0.4 is 0 Å². The third-order valence-electron chi connectivity index (χ3n) is 2.42. The van der Waals surface area contributed by atoms with Gasteiger partial charge in [-0.1, -0.05) is 13.8 Å². The first kappa shape index (κ1) is 10.5. The van der Waals surface area contributed by atoms with E-state index in [1.54, 1.807) is 0 Å². The predicted molar refractivity (Wildman–Crippen MR) is 67.3 cm³/mol. The van der Waals surface area contributed by atoms with Gasteiger partial charge in [0, 0.05) is 12.4 Å². The Bertz CT molecular complexity index is 390. The van der Waals surface area contributed by atoms with E-state index >= 15 is 0 Å². The Morgan fingerprint density at radius 1 is 1.47 bits per heavy atom. The molecule has 0 aromatic rings. The zero-order chi connectivity index (χ0) is 11.1. The average molecular weight is 222 g/mol. The number of nitrogens with zero attached hydrogens (tertiary/aromatic N) is 4. The molecule has 0 amide bonds. The Morgan fingerprint density at radius 2 is 2.20 bits per heavy atom. The summed E-state index contributed by atoms with van der Waals surface area (Å²) in [5.74, 6) is 1.21. The van der Waals surface area contributed by atoms with E-state index in [-0.39, 0.29) is 5.28 Å². The lowest BCUT2D eigenvalue weighted by atomic mass is 10.0. The highest BCUT2D eigenvalue weighted by Crippen LogP contribution is 2.28. The number of hydrogen-bond donors (Lipinski definition) is 0. The molecule has 5 heteroatoms. The fourth-order valence-corrected chi connectivity index (χ4v) is 1.87. The lowest BCUT2D eigenvalue weighted by Gasteiger charge is -2.38. The molecule has 0 aromatic heterocycles. The minimum Gasteiger partial charge on any atom is -0.314 e. The largest absolute Gasteiger partial charge is 0.314 e. The van der Waals surface area contributed by atoms with Gasteiger partial charge in [0.1, 0.15) is 0 Å². The first-order chi connectivity index (χ1) is 7.02. The Morgan fingerprint density at radius 3 is 2.87 bits per heavy atom. The second-order valence-corrected chi connectivity index (χ2v) is 5.40. The van der Waals surface area contributed by atoms with Crippen molar-refractivity contribution in [2.75, 3.05) is 0 Å². The van der Waals surface area contributed by atoms with Crippen LogP contribution in [0.1, 0.15) is 20.8 Å². The molecule has 0 N–H and O–H groups in total. The molecule has 2 aliphatic rings. The van der Waals surface area contributed by atoms with Crippen LogP contribution in [-0.2, 0) is 0 Å². The molecule has 0 radical (unpaired) electrons. The van der Waals surface area contributed by atoms with Gasteiger partial charge in [0.15, 0.2) is 5.84 Å². The zero-order valence-electron chi connectivity index (χ0n) is 9.18. The van der Waals surface area contributed by atoms with Gasteiger partial charge in [-0.3, -0.25) is 4.99 Å². The molecular weight excluding hydrogens is 207 g/mol. The lowest BCUT2D eigenvalue weighted by Crippen LogP contribution is -2.49. The van der Waals surface area contributed by atoms with Crippen LogP contribution in [0.3, 0.4) is 0 Å². The number of amidine groups is 1. The normalized spacial score (nSPS) is 29.0. The van der Waals surface area contributed by atoms with Crippen molar-refractivity contribution >= 4 is 27.0 Å². The summed E-state index contributed by atoms with van der Waals surface area (Å²) in [5.41, 5.74) is 0.989. The summed E-state index contributed by atoms with van der Waals surface area (Å²) in [6.45, 7) is 6.29. The fourth-order valence-electron chi connectivity index (χ4n) is 1.59. The minimum absolute atomic E-state index is 0.205. The Balaban J connectivity index is 2.43. The Labute approximate surface area is 92.1 Å². The van der Waals surface area contributed by atoms with Crippen LogP contribution in [0.5, 0.6) is 0 Å². The van der Waals surface area contributed by atoms with Crippen molar-refractivity contribution in [3.05, 3.63) is 12.4 Å². The third kappa shape index (κ3) is 1.74. The summed E-state index contributed by atoms with van der Waals surface area (Å²) in [6.07, 6.45) is 5.56. The highest BCUT2D eigenvalue weighted by molar-refractivity contribution is 7.20. The molecule has 0 saturated carbocycles. The summed E-state index contributed by atoms with van der Waals surface area (Å²) in [5, 5.41) is 7.99. The van der Waals surface area contributed by atoms with Crippen molar-refractivity contribution in [3.8, 4) is 0 Å². The maximum atomic E-state index is 4.36. The van der Waals surface area contributed by atoms with Crippen LogP contribution in [-0.4, -0.2) is 27.9 Å². The fraction of sp³-hybridized carbons (Fsp3) is 0.500. The first-order valence-corrected chi connectivity index (χ1v) is 5.55. The van der Waals surface area contributed by atoms with Crippen molar-refractivity contribution in [3.63, 3.8) is 0 Å².